The van der Waals surface area contributed by atoms with Crippen molar-refractivity contribution in [2.24, 2.45) is 5.41 Å². The van der Waals surface area contributed by atoms with Gasteiger partial charge in [-0.1, -0.05) is 44.0 Å². The summed E-state index contributed by atoms with van der Waals surface area (Å²) in [5.41, 5.74) is 1.27. The van der Waals surface area contributed by atoms with Gasteiger partial charge in [-0.3, -0.25) is 9.89 Å². The Morgan fingerprint density at radius 1 is 0.804 bits per heavy atom. The van der Waals surface area contributed by atoms with Crippen molar-refractivity contribution >= 4 is 83.8 Å². The Morgan fingerprint density at radius 2 is 1.29 bits per heavy atom. The van der Waals surface area contributed by atoms with E-state index in [4.69, 9.17) is 23.2 Å². The number of hydrogen-bond donors (Lipinski definition) is 3. The van der Waals surface area contributed by atoms with Crippen molar-refractivity contribution in [3.8, 4) is 0 Å². The maximum Gasteiger partial charge on any atom is 0.281 e. The van der Waals surface area contributed by atoms with Gasteiger partial charge >= 0.3 is 0 Å². The molecule has 0 radical (unpaired) electrons. The summed E-state index contributed by atoms with van der Waals surface area (Å²) in [6.45, 7) is 8.74. The zero-order valence-electron chi connectivity index (χ0n) is 32.8. The highest BCUT2D eigenvalue weighted by Crippen LogP contribution is 2.33. The van der Waals surface area contributed by atoms with Gasteiger partial charge in [0.05, 0.1) is 27.5 Å². The van der Waals surface area contributed by atoms with E-state index in [1.165, 1.54) is 28.9 Å². The lowest BCUT2D eigenvalue weighted by Gasteiger charge is -2.32. The van der Waals surface area contributed by atoms with Crippen molar-refractivity contribution in [1.29, 1.82) is 0 Å². The molecule has 2 fully saturated rings. The molecule has 0 unspecified atom stereocenters. The lowest BCUT2D eigenvalue weighted by Crippen LogP contribution is -2.44. The number of H-pyrrole nitrogens is 1. The van der Waals surface area contributed by atoms with Gasteiger partial charge in [-0.15, -0.1) is 22.7 Å². The molecule has 6 rings (SSSR count). The second-order valence-electron chi connectivity index (χ2n) is 15.2. The van der Waals surface area contributed by atoms with E-state index >= 15 is 0 Å². The number of carbonyl (C=O) groups is 1. The molecule has 0 aromatic carbocycles. The predicted molar refractivity (Wildman–Crippen MR) is 227 cm³/mol. The zero-order valence-corrected chi connectivity index (χ0v) is 37.5. The molecule has 4 aromatic rings. The molecule has 0 spiro atoms. The summed E-state index contributed by atoms with van der Waals surface area (Å²) in [5.74, 6) is 1.73. The highest BCUT2D eigenvalue weighted by Gasteiger charge is 2.34. The fourth-order valence-corrected chi connectivity index (χ4v) is 10.6. The number of rotatable bonds is 12. The van der Waals surface area contributed by atoms with Gasteiger partial charge in [0.15, 0.2) is 0 Å². The Bertz CT molecular complexity index is 2140. The molecule has 4 aromatic heterocycles. The molecule has 0 bridgehead atoms. The molecule has 56 heavy (non-hydrogen) atoms. The highest BCUT2D eigenvalue weighted by molar-refractivity contribution is 7.87. The molecule has 15 nitrogen and oxygen atoms in total. The summed E-state index contributed by atoms with van der Waals surface area (Å²) in [6, 6.07) is 11.6. The number of halogens is 2. The average Bonchev–Trinajstić information content (AvgIpc) is 3.97. The van der Waals surface area contributed by atoms with Crippen LogP contribution in [-0.2, 0) is 33.5 Å². The number of piperidine rings is 2. The highest BCUT2D eigenvalue weighted by atomic mass is 35.5. The molecule has 6 heterocycles. The fourth-order valence-electron chi connectivity index (χ4n) is 6.32. The molecule has 3 N–H and O–H groups in total. The van der Waals surface area contributed by atoms with E-state index in [0.29, 0.717) is 63.8 Å². The van der Waals surface area contributed by atoms with Gasteiger partial charge in [0.1, 0.15) is 11.6 Å². The summed E-state index contributed by atoms with van der Waals surface area (Å²) in [4.78, 5) is 15.2. The number of anilines is 2. The summed E-state index contributed by atoms with van der Waals surface area (Å²) in [6.07, 6.45) is 2.89. The summed E-state index contributed by atoms with van der Waals surface area (Å²) < 4.78 is 57.6. The molecule has 0 atom stereocenters. The van der Waals surface area contributed by atoms with Crippen LogP contribution in [0.3, 0.4) is 0 Å². The Kier molecular flexibility index (Phi) is 14.7. The quantitative estimate of drug-likeness (QED) is 0.142. The molecule has 0 saturated carbocycles. The van der Waals surface area contributed by atoms with Crippen molar-refractivity contribution in [2.45, 2.75) is 71.4 Å². The van der Waals surface area contributed by atoms with Gasteiger partial charge < -0.3 is 10.6 Å². The lowest BCUT2D eigenvalue weighted by molar-refractivity contribution is 0.0751. The van der Waals surface area contributed by atoms with Crippen LogP contribution in [0.25, 0.3) is 0 Å². The van der Waals surface area contributed by atoms with Crippen molar-refractivity contribution in [3.63, 3.8) is 0 Å². The van der Waals surface area contributed by atoms with Crippen LogP contribution in [0.4, 0.5) is 11.6 Å². The third-order valence-electron chi connectivity index (χ3n) is 9.65. The summed E-state index contributed by atoms with van der Waals surface area (Å²) >= 11 is 15.0. The Labute approximate surface area is 348 Å². The van der Waals surface area contributed by atoms with Crippen molar-refractivity contribution in [3.05, 3.63) is 66.2 Å². The van der Waals surface area contributed by atoms with Crippen LogP contribution in [-0.4, -0.2) is 114 Å². The SMILES string of the molecule is CN(C)S(=O)(=O)N1CCC(c2cc(NCc3ccc(Cl)s3)n(C(=O)C(C)(C)C)n2)CC1.CN(C)S(=O)(=O)N1CCC(c2cc(NCc3ccc(Cl)s3)n[nH]2)CC1. The number of hydrogen-bond acceptors (Lipinski definition) is 11. The number of carbonyl (C=O) groups excluding carboxylic acids is 1. The number of nitrogens with zero attached hydrogens (tertiary/aromatic N) is 7. The largest absolute Gasteiger partial charge is 0.365 e. The first-order chi connectivity index (χ1) is 26.2. The van der Waals surface area contributed by atoms with Gasteiger partial charge in [0.25, 0.3) is 26.3 Å². The smallest absolute Gasteiger partial charge is 0.281 e. The van der Waals surface area contributed by atoms with Crippen LogP contribution in [0, 0.1) is 5.41 Å². The molecule has 2 aliphatic heterocycles. The average molecular weight is 892 g/mol. The fraction of sp³-hybridized carbons (Fsp3) is 0.571. The van der Waals surface area contributed by atoms with Crippen molar-refractivity contribution in [1.82, 2.24) is 37.2 Å². The minimum Gasteiger partial charge on any atom is -0.365 e. The molecular formula is C35H52Cl2N10O5S4. The van der Waals surface area contributed by atoms with E-state index in [1.807, 2.05) is 57.2 Å². The van der Waals surface area contributed by atoms with E-state index in [2.05, 4.69) is 25.9 Å². The summed E-state index contributed by atoms with van der Waals surface area (Å²) in [5, 5.41) is 18.6. The normalized spacial score (nSPS) is 17.0. The van der Waals surface area contributed by atoms with Gasteiger partial charge in [-0.25, -0.2) is 0 Å². The number of aromatic nitrogens is 4. The van der Waals surface area contributed by atoms with Gasteiger partial charge in [0.2, 0.25) is 0 Å². The third-order valence-corrected chi connectivity index (χ3v) is 16.0. The van der Waals surface area contributed by atoms with Crippen molar-refractivity contribution < 1.29 is 21.6 Å². The Hall–Kier alpha value is -2.59. The first-order valence-electron chi connectivity index (χ1n) is 18.3. The van der Waals surface area contributed by atoms with E-state index in [-0.39, 0.29) is 11.8 Å². The van der Waals surface area contributed by atoms with E-state index < -0.39 is 25.8 Å². The lowest BCUT2D eigenvalue weighted by atomic mass is 9.95. The number of thiophene rings is 2. The van der Waals surface area contributed by atoms with Crippen LogP contribution in [0.5, 0.6) is 0 Å². The zero-order chi connectivity index (χ0) is 41.0. The second kappa shape index (κ2) is 18.6. The van der Waals surface area contributed by atoms with Crippen LogP contribution in [0.1, 0.15) is 84.2 Å². The standard InChI is InChI=1S/C20H30ClN5O3S2.C15H22ClN5O2S2/c1-20(2,3)19(27)26-18(22-13-15-6-7-17(21)30-15)12-16(23-26)14-8-10-25(11-9-14)31(28,29)24(4)5;1-20(2)25(22,23)21-7-5-11(6-8-21)13-9-15(19-18-13)17-10-12-3-4-14(16)24-12/h6-7,12,14,22H,8-11,13H2,1-5H3;3-4,9,11H,5-8,10H2,1-2H3,(H2,17,18,19). The van der Waals surface area contributed by atoms with Gasteiger partial charge in [-0.05, 0) is 49.9 Å². The van der Waals surface area contributed by atoms with Gasteiger partial charge in [0, 0.05) is 99.2 Å². The second-order valence-corrected chi connectivity index (χ2v) is 23.1. The first kappa shape index (κ1) is 44.5. The predicted octanol–water partition coefficient (Wildman–Crippen LogP) is 6.60. The maximum absolute atomic E-state index is 13.0. The molecule has 0 amide bonds. The van der Waals surface area contributed by atoms with Crippen LogP contribution >= 0.6 is 45.9 Å². The summed E-state index contributed by atoms with van der Waals surface area (Å²) in [7, 11) is -0.520. The molecular weight excluding hydrogens is 840 g/mol. The van der Waals surface area contributed by atoms with Crippen LogP contribution in [0.15, 0.2) is 36.4 Å². The van der Waals surface area contributed by atoms with Crippen molar-refractivity contribution in [2.75, 3.05) is 65.0 Å². The first-order valence-corrected chi connectivity index (χ1v) is 23.5. The van der Waals surface area contributed by atoms with E-state index in [0.717, 1.165) is 48.5 Å². The molecule has 0 aliphatic carbocycles. The Balaban J connectivity index is 0.000000219. The topological polar surface area (TPSA) is 169 Å². The molecule has 310 valence electrons. The molecule has 2 saturated heterocycles. The molecule has 2 aliphatic rings. The van der Waals surface area contributed by atoms with Gasteiger partial charge in [-0.2, -0.15) is 48.9 Å². The minimum absolute atomic E-state index is 0.0966. The maximum atomic E-state index is 13.0. The minimum atomic E-state index is -3.41. The van der Waals surface area contributed by atoms with E-state index in [9.17, 15) is 21.6 Å². The monoisotopic (exact) mass is 890 g/mol. The Morgan fingerprint density at radius 3 is 1.73 bits per heavy atom. The third kappa shape index (κ3) is 11.1. The van der Waals surface area contributed by atoms with E-state index in [1.54, 1.807) is 43.8 Å². The van der Waals surface area contributed by atoms with Crippen LogP contribution < -0.4 is 10.6 Å². The number of nitrogens with one attached hydrogen (secondary N) is 3. The number of aromatic amines is 1. The van der Waals surface area contributed by atoms with Crippen LogP contribution in [0.2, 0.25) is 8.67 Å². The molecule has 21 heteroatoms.